The topological polar surface area (TPSA) is 53.1 Å². The van der Waals surface area contributed by atoms with Crippen molar-refractivity contribution in [2.75, 3.05) is 37.8 Å². The van der Waals surface area contributed by atoms with E-state index in [1.165, 1.54) is 0 Å². The van der Waals surface area contributed by atoms with E-state index in [0.29, 0.717) is 11.0 Å². The Labute approximate surface area is 143 Å². The molecular formula is C17H24ClN5. The van der Waals surface area contributed by atoms with Crippen LogP contribution in [0.3, 0.4) is 0 Å². The average molecular weight is 334 g/mol. The van der Waals surface area contributed by atoms with Crippen LogP contribution in [-0.2, 0) is 0 Å². The predicted molar refractivity (Wildman–Crippen MR) is 98.0 cm³/mol. The normalized spacial score (nSPS) is 10.9. The number of halogens is 1. The van der Waals surface area contributed by atoms with Crippen LogP contribution < -0.4 is 10.6 Å². The summed E-state index contributed by atoms with van der Waals surface area (Å²) >= 11 is 6.36. The molecule has 6 heteroatoms. The van der Waals surface area contributed by atoms with Gasteiger partial charge < -0.3 is 15.5 Å². The Balaban J connectivity index is 2.19. The summed E-state index contributed by atoms with van der Waals surface area (Å²) in [6.07, 6.45) is 0. The Bertz CT molecular complexity index is 662. The third kappa shape index (κ3) is 5.08. The molecule has 0 saturated heterocycles. The molecule has 2 N–H and O–H groups in total. The highest BCUT2D eigenvalue weighted by molar-refractivity contribution is 6.33. The zero-order valence-corrected chi connectivity index (χ0v) is 15.1. The van der Waals surface area contributed by atoms with Crippen molar-refractivity contribution in [3.63, 3.8) is 0 Å². The second kappa shape index (κ2) is 7.62. The zero-order chi connectivity index (χ0) is 17.0. The van der Waals surface area contributed by atoms with Crippen LogP contribution >= 0.6 is 11.6 Å². The van der Waals surface area contributed by atoms with Gasteiger partial charge in [-0.3, -0.25) is 0 Å². The Morgan fingerprint density at radius 3 is 2.48 bits per heavy atom. The molecule has 0 bridgehead atoms. The number of hydrogen-bond acceptors (Lipinski definition) is 5. The molecule has 23 heavy (non-hydrogen) atoms. The number of hydrogen-bond donors (Lipinski definition) is 2. The summed E-state index contributed by atoms with van der Waals surface area (Å²) < 4.78 is 0. The van der Waals surface area contributed by atoms with Crippen molar-refractivity contribution < 1.29 is 0 Å². The molecule has 0 aliphatic heterocycles. The van der Waals surface area contributed by atoms with Crippen LogP contribution in [0, 0.1) is 20.8 Å². The third-order valence-electron chi connectivity index (χ3n) is 3.38. The van der Waals surface area contributed by atoms with E-state index in [9.17, 15) is 0 Å². The maximum atomic E-state index is 6.36. The van der Waals surface area contributed by atoms with Gasteiger partial charge in [-0.05, 0) is 52.1 Å². The molecule has 0 radical (unpaired) electrons. The van der Waals surface area contributed by atoms with Crippen molar-refractivity contribution >= 4 is 29.1 Å². The number of likely N-dealkylation sites (N-methyl/N-ethyl adjacent to an activating group) is 1. The molecule has 1 aromatic heterocycles. The van der Waals surface area contributed by atoms with Crippen molar-refractivity contribution in [1.29, 1.82) is 0 Å². The van der Waals surface area contributed by atoms with Gasteiger partial charge in [-0.25, -0.2) is 4.98 Å². The maximum absolute atomic E-state index is 6.36. The Morgan fingerprint density at radius 1 is 1.09 bits per heavy atom. The highest BCUT2D eigenvalue weighted by atomic mass is 35.5. The molecule has 0 aliphatic carbocycles. The minimum Gasteiger partial charge on any atom is -0.353 e. The van der Waals surface area contributed by atoms with Gasteiger partial charge in [0.05, 0.1) is 10.7 Å². The number of anilines is 3. The molecule has 124 valence electrons. The summed E-state index contributed by atoms with van der Waals surface area (Å²) in [6.45, 7) is 7.73. The predicted octanol–water partition coefficient (Wildman–Crippen LogP) is 3.77. The highest BCUT2D eigenvalue weighted by Gasteiger charge is 2.08. The van der Waals surface area contributed by atoms with Crippen molar-refractivity contribution in [3.05, 3.63) is 40.0 Å². The minimum atomic E-state index is 0.621. The van der Waals surface area contributed by atoms with Crippen LogP contribution in [-0.4, -0.2) is 42.1 Å². The zero-order valence-electron chi connectivity index (χ0n) is 14.4. The van der Waals surface area contributed by atoms with Crippen molar-refractivity contribution in [2.24, 2.45) is 0 Å². The fraction of sp³-hybridized carbons (Fsp3) is 0.412. The average Bonchev–Trinajstić information content (AvgIpc) is 2.42. The van der Waals surface area contributed by atoms with Gasteiger partial charge in [0.25, 0.3) is 0 Å². The lowest BCUT2D eigenvalue weighted by atomic mass is 10.1. The van der Waals surface area contributed by atoms with Crippen LogP contribution in [0.15, 0.2) is 18.2 Å². The standard InChI is InChI=1S/C17H24ClN5/c1-11-8-12(2)16(14(18)9-11)21-15-10-13(3)20-17(22-15)19-6-7-23(4)5/h8-10H,6-7H2,1-5H3,(H2,19,20,21,22). The van der Waals surface area contributed by atoms with E-state index < -0.39 is 0 Å². The van der Waals surface area contributed by atoms with Crippen LogP contribution in [0.25, 0.3) is 0 Å². The summed E-state index contributed by atoms with van der Waals surface area (Å²) in [5.74, 6) is 1.36. The molecule has 1 heterocycles. The number of aromatic nitrogens is 2. The van der Waals surface area contributed by atoms with Gasteiger partial charge in [0.2, 0.25) is 5.95 Å². The number of nitrogens with one attached hydrogen (secondary N) is 2. The van der Waals surface area contributed by atoms with Crippen molar-refractivity contribution in [3.8, 4) is 0 Å². The first-order chi connectivity index (χ1) is 10.8. The largest absolute Gasteiger partial charge is 0.353 e. The quantitative estimate of drug-likeness (QED) is 0.842. The fourth-order valence-electron chi connectivity index (χ4n) is 2.31. The molecule has 0 amide bonds. The van der Waals surface area contributed by atoms with Gasteiger partial charge in [0, 0.05) is 24.8 Å². The van der Waals surface area contributed by atoms with E-state index >= 15 is 0 Å². The fourth-order valence-corrected chi connectivity index (χ4v) is 2.67. The summed E-state index contributed by atoms with van der Waals surface area (Å²) in [4.78, 5) is 11.0. The SMILES string of the molecule is Cc1cc(C)c(Nc2cc(C)nc(NCCN(C)C)n2)c(Cl)c1. The molecule has 0 atom stereocenters. The first kappa shape index (κ1) is 17.5. The molecule has 0 fully saturated rings. The molecule has 0 aliphatic rings. The highest BCUT2D eigenvalue weighted by Crippen LogP contribution is 2.30. The molecule has 0 saturated carbocycles. The number of benzene rings is 1. The third-order valence-corrected chi connectivity index (χ3v) is 3.68. The second-order valence-electron chi connectivity index (χ2n) is 6.01. The molecular weight excluding hydrogens is 310 g/mol. The van der Waals surface area contributed by atoms with E-state index in [4.69, 9.17) is 11.6 Å². The second-order valence-corrected chi connectivity index (χ2v) is 6.42. The first-order valence-corrected chi connectivity index (χ1v) is 8.01. The Kier molecular flexibility index (Phi) is 5.80. The number of nitrogens with zero attached hydrogens (tertiary/aromatic N) is 3. The molecule has 2 aromatic rings. The van der Waals surface area contributed by atoms with Crippen LogP contribution in [0.4, 0.5) is 17.5 Å². The van der Waals surface area contributed by atoms with Crippen molar-refractivity contribution in [2.45, 2.75) is 20.8 Å². The number of rotatable bonds is 6. The van der Waals surface area contributed by atoms with Crippen LogP contribution in [0.1, 0.15) is 16.8 Å². The van der Waals surface area contributed by atoms with Crippen LogP contribution in [0.5, 0.6) is 0 Å². The molecule has 0 spiro atoms. The Morgan fingerprint density at radius 2 is 1.83 bits per heavy atom. The summed E-state index contributed by atoms with van der Waals surface area (Å²) in [6, 6.07) is 5.95. The van der Waals surface area contributed by atoms with Gasteiger partial charge in [-0.2, -0.15) is 4.98 Å². The van der Waals surface area contributed by atoms with Crippen molar-refractivity contribution in [1.82, 2.24) is 14.9 Å². The minimum absolute atomic E-state index is 0.621. The smallest absolute Gasteiger partial charge is 0.224 e. The monoisotopic (exact) mass is 333 g/mol. The lowest BCUT2D eigenvalue weighted by Gasteiger charge is -2.14. The van der Waals surface area contributed by atoms with Gasteiger partial charge in [-0.1, -0.05) is 17.7 Å². The molecule has 5 nitrogen and oxygen atoms in total. The van der Waals surface area contributed by atoms with E-state index in [0.717, 1.165) is 41.4 Å². The van der Waals surface area contributed by atoms with E-state index in [1.807, 2.05) is 47.0 Å². The van der Waals surface area contributed by atoms with Crippen LogP contribution in [0.2, 0.25) is 5.02 Å². The van der Waals surface area contributed by atoms with Gasteiger partial charge in [0.1, 0.15) is 5.82 Å². The van der Waals surface area contributed by atoms with E-state index in [-0.39, 0.29) is 0 Å². The molecule has 0 unspecified atom stereocenters. The lowest BCUT2D eigenvalue weighted by molar-refractivity contribution is 0.425. The summed E-state index contributed by atoms with van der Waals surface area (Å²) in [5, 5.41) is 7.25. The van der Waals surface area contributed by atoms with Gasteiger partial charge >= 0.3 is 0 Å². The first-order valence-electron chi connectivity index (χ1n) is 7.63. The van der Waals surface area contributed by atoms with Gasteiger partial charge in [0.15, 0.2) is 0 Å². The van der Waals surface area contributed by atoms with E-state index in [1.54, 1.807) is 0 Å². The Hall–Kier alpha value is -1.85. The summed E-state index contributed by atoms with van der Waals surface area (Å²) in [5.41, 5.74) is 4.02. The molecule has 1 aromatic carbocycles. The molecule has 2 rings (SSSR count). The number of aryl methyl sites for hydroxylation is 3. The maximum Gasteiger partial charge on any atom is 0.224 e. The summed E-state index contributed by atoms with van der Waals surface area (Å²) in [7, 11) is 4.07. The van der Waals surface area contributed by atoms with E-state index in [2.05, 4.69) is 31.6 Å². The lowest BCUT2D eigenvalue weighted by Crippen LogP contribution is -2.21. The van der Waals surface area contributed by atoms with Gasteiger partial charge in [-0.15, -0.1) is 0 Å².